The minimum absolute atomic E-state index is 0.0806. The third kappa shape index (κ3) is 4.22. The van der Waals surface area contributed by atoms with Crippen molar-refractivity contribution >= 4 is 11.6 Å². The summed E-state index contributed by atoms with van der Waals surface area (Å²) in [5.41, 5.74) is 3.46. The molecule has 1 aliphatic rings. The fraction of sp³-hybridized carbons (Fsp3) is 0.500. The Morgan fingerprint density at radius 1 is 1.16 bits per heavy atom. The van der Waals surface area contributed by atoms with Crippen molar-refractivity contribution in [3.8, 4) is 0 Å². The molecule has 104 valence electrons. The summed E-state index contributed by atoms with van der Waals surface area (Å²) in [7, 11) is 0. The minimum atomic E-state index is -0.0806. The standard InChI is InChI=1S/C14H22N4O/c15-16-14(19)7-4-8-17-9-11-18(12-10-17)13-5-2-1-3-6-13/h1-3,5-6H,4,7-12,15H2,(H,16,19). The molecular formula is C14H22N4O. The lowest BCUT2D eigenvalue weighted by molar-refractivity contribution is -0.121. The van der Waals surface area contributed by atoms with E-state index >= 15 is 0 Å². The summed E-state index contributed by atoms with van der Waals surface area (Å²) in [5, 5.41) is 0. The second-order valence-corrected chi connectivity index (χ2v) is 4.84. The fourth-order valence-electron chi connectivity index (χ4n) is 2.40. The van der Waals surface area contributed by atoms with Crippen LogP contribution < -0.4 is 16.2 Å². The highest BCUT2D eigenvalue weighted by Gasteiger charge is 2.16. The summed E-state index contributed by atoms with van der Waals surface area (Å²) >= 11 is 0. The SMILES string of the molecule is NNC(=O)CCCN1CCN(c2ccccc2)CC1. The Kier molecular flexibility index (Phi) is 5.18. The monoisotopic (exact) mass is 262 g/mol. The Balaban J connectivity index is 1.69. The van der Waals surface area contributed by atoms with Gasteiger partial charge in [0.1, 0.15) is 0 Å². The topological polar surface area (TPSA) is 61.6 Å². The Labute approximate surface area is 114 Å². The van der Waals surface area contributed by atoms with Gasteiger partial charge in [-0.1, -0.05) is 18.2 Å². The number of benzene rings is 1. The van der Waals surface area contributed by atoms with Gasteiger partial charge in [0.15, 0.2) is 0 Å². The predicted molar refractivity (Wildman–Crippen MR) is 76.7 cm³/mol. The molecule has 0 atom stereocenters. The Hall–Kier alpha value is -1.59. The number of amides is 1. The summed E-state index contributed by atoms with van der Waals surface area (Å²) in [6.45, 7) is 5.18. The van der Waals surface area contributed by atoms with E-state index in [0.717, 1.165) is 39.1 Å². The first-order valence-corrected chi connectivity index (χ1v) is 6.81. The van der Waals surface area contributed by atoms with Gasteiger partial charge in [-0.2, -0.15) is 0 Å². The molecule has 0 unspecified atom stereocenters. The van der Waals surface area contributed by atoms with Crippen LogP contribution in [0.15, 0.2) is 30.3 Å². The molecular weight excluding hydrogens is 240 g/mol. The van der Waals surface area contributed by atoms with E-state index in [4.69, 9.17) is 5.84 Å². The van der Waals surface area contributed by atoms with Crippen LogP contribution in [0.4, 0.5) is 5.69 Å². The van der Waals surface area contributed by atoms with Crippen molar-refractivity contribution in [2.24, 2.45) is 5.84 Å². The summed E-state index contributed by atoms with van der Waals surface area (Å²) in [6, 6.07) is 10.5. The molecule has 5 heteroatoms. The van der Waals surface area contributed by atoms with Gasteiger partial charge in [0.2, 0.25) is 5.91 Å². The van der Waals surface area contributed by atoms with E-state index in [1.165, 1.54) is 5.69 Å². The molecule has 1 aromatic carbocycles. The van der Waals surface area contributed by atoms with E-state index in [1.54, 1.807) is 0 Å². The Morgan fingerprint density at radius 3 is 2.47 bits per heavy atom. The summed E-state index contributed by atoms with van der Waals surface area (Å²) in [4.78, 5) is 15.8. The van der Waals surface area contributed by atoms with Crippen LogP contribution in [0.5, 0.6) is 0 Å². The van der Waals surface area contributed by atoms with Gasteiger partial charge in [-0.25, -0.2) is 5.84 Å². The molecule has 0 aromatic heterocycles. The second-order valence-electron chi connectivity index (χ2n) is 4.84. The van der Waals surface area contributed by atoms with E-state index in [1.807, 2.05) is 6.07 Å². The maximum Gasteiger partial charge on any atom is 0.233 e. The van der Waals surface area contributed by atoms with Crippen LogP contribution in [-0.2, 0) is 4.79 Å². The zero-order valence-electron chi connectivity index (χ0n) is 11.2. The van der Waals surface area contributed by atoms with Crippen LogP contribution in [0, 0.1) is 0 Å². The number of piperazine rings is 1. The number of hydrogen-bond acceptors (Lipinski definition) is 4. The normalized spacial score (nSPS) is 16.4. The number of nitrogens with one attached hydrogen (secondary N) is 1. The summed E-state index contributed by atoms with van der Waals surface area (Å²) in [6.07, 6.45) is 1.38. The molecule has 1 amide bonds. The highest BCUT2D eigenvalue weighted by molar-refractivity contribution is 5.75. The highest BCUT2D eigenvalue weighted by atomic mass is 16.2. The van der Waals surface area contributed by atoms with Crippen molar-refractivity contribution in [1.29, 1.82) is 0 Å². The minimum Gasteiger partial charge on any atom is -0.369 e. The molecule has 2 rings (SSSR count). The van der Waals surface area contributed by atoms with Gasteiger partial charge in [0.25, 0.3) is 0 Å². The van der Waals surface area contributed by atoms with Crippen LogP contribution in [0.3, 0.4) is 0 Å². The molecule has 0 aliphatic carbocycles. The van der Waals surface area contributed by atoms with Gasteiger partial charge in [0.05, 0.1) is 0 Å². The Bertz CT molecular complexity index is 388. The fourth-order valence-corrected chi connectivity index (χ4v) is 2.40. The molecule has 0 radical (unpaired) electrons. The van der Waals surface area contributed by atoms with Crippen molar-refractivity contribution in [3.63, 3.8) is 0 Å². The van der Waals surface area contributed by atoms with Gasteiger partial charge in [0, 0.05) is 38.3 Å². The van der Waals surface area contributed by atoms with Crippen molar-refractivity contribution in [2.45, 2.75) is 12.8 Å². The average molecular weight is 262 g/mol. The largest absolute Gasteiger partial charge is 0.369 e. The third-order valence-electron chi connectivity index (χ3n) is 3.53. The lowest BCUT2D eigenvalue weighted by Gasteiger charge is -2.36. The maximum atomic E-state index is 11.0. The van der Waals surface area contributed by atoms with E-state index in [9.17, 15) is 4.79 Å². The zero-order chi connectivity index (χ0) is 13.5. The molecule has 3 N–H and O–H groups in total. The smallest absolute Gasteiger partial charge is 0.233 e. The van der Waals surface area contributed by atoms with Crippen LogP contribution in [0.2, 0.25) is 0 Å². The quantitative estimate of drug-likeness (QED) is 0.463. The number of para-hydroxylation sites is 1. The van der Waals surface area contributed by atoms with Crippen LogP contribution in [0.1, 0.15) is 12.8 Å². The number of rotatable bonds is 5. The van der Waals surface area contributed by atoms with Crippen molar-refractivity contribution in [2.75, 3.05) is 37.6 Å². The summed E-state index contributed by atoms with van der Waals surface area (Å²) in [5.74, 6) is 4.97. The number of nitrogens with zero attached hydrogens (tertiary/aromatic N) is 2. The van der Waals surface area contributed by atoms with E-state index in [-0.39, 0.29) is 5.91 Å². The van der Waals surface area contributed by atoms with Crippen LogP contribution in [-0.4, -0.2) is 43.5 Å². The number of carbonyl (C=O) groups excluding carboxylic acids is 1. The molecule has 0 bridgehead atoms. The zero-order valence-corrected chi connectivity index (χ0v) is 11.2. The maximum absolute atomic E-state index is 11.0. The molecule has 1 aliphatic heterocycles. The van der Waals surface area contributed by atoms with Gasteiger partial charge >= 0.3 is 0 Å². The molecule has 1 aromatic rings. The summed E-state index contributed by atoms with van der Waals surface area (Å²) < 4.78 is 0. The predicted octanol–water partition coefficient (Wildman–Crippen LogP) is 0.579. The van der Waals surface area contributed by atoms with Gasteiger partial charge in [-0.15, -0.1) is 0 Å². The highest BCUT2D eigenvalue weighted by Crippen LogP contribution is 2.15. The van der Waals surface area contributed by atoms with Crippen molar-refractivity contribution in [1.82, 2.24) is 10.3 Å². The van der Waals surface area contributed by atoms with E-state index in [2.05, 4.69) is 39.5 Å². The van der Waals surface area contributed by atoms with Crippen molar-refractivity contribution < 1.29 is 4.79 Å². The third-order valence-corrected chi connectivity index (χ3v) is 3.53. The number of nitrogens with two attached hydrogens (primary N) is 1. The number of anilines is 1. The molecule has 0 spiro atoms. The van der Waals surface area contributed by atoms with Gasteiger partial charge in [-0.3, -0.25) is 15.1 Å². The lowest BCUT2D eigenvalue weighted by atomic mass is 10.2. The van der Waals surface area contributed by atoms with Crippen LogP contribution >= 0.6 is 0 Å². The van der Waals surface area contributed by atoms with Crippen LogP contribution in [0.25, 0.3) is 0 Å². The Morgan fingerprint density at radius 2 is 1.84 bits per heavy atom. The molecule has 1 fully saturated rings. The molecule has 1 saturated heterocycles. The molecule has 5 nitrogen and oxygen atoms in total. The van der Waals surface area contributed by atoms with Gasteiger partial charge < -0.3 is 4.90 Å². The van der Waals surface area contributed by atoms with Gasteiger partial charge in [-0.05, 0) is 25.1 Å². The van der Waals surface area contributed by atoms with Crippen molar-refractivity contribution in [3.05, 3.63) is 30.3 Å². The number of carbonyl (C=O) groups is 1. The van der Waals surface area contributed by atoms with E-state index < -0.39 is 0 Å². The van der Waals surface area contributed by atoms with E-state index in [0.29, 0.717) is 6.42 Å². The molecule has 19 heavy (non-hydrogen) atoms. The first-order chi connectivity index (χ1) is 9.29. The first-order valence-electron chi connectivity index (χ1n) is 6.81. The molecule has 1 heterocycles. The number of hydrazine groups is 1. The average Bonchev–Trinajstić information content (AvgIpc) is 2.48. The first kappa shape index (κ1) is 13.8. The lowest BCUT2D eigenvalue weighted by Crippen LogP contribution is -2.46. The second kappa shape index (κ2) is 7.11. The number of hydrogen-bond donors (Lipinski definition) is 2. The molecule has 0 saturated carbocycles.